The molecule has 1 aliphatic heterocycles. The van der Waals surface area contributed by atoms with E-state index in [9.17, 15) is 5.11 Å². The first-order chi connectivity index (χ1) is 13.2. The van der Waals surface area contributed by atoms with Gasteiger partial charge < -0.3 is 18.9 Å². The molecular weight excluding hydrogens is 342 g/mol. The minimum absolute atomic E-state index is 0.0740. The quantitative estimate of drug-likeness (QED) is 0.578. The molecule has 6 nitrogen and oxygen atoms in total. The smallest absolute Gasteiger partial charge is 0.134 e. The lowest BCUT2D eigenvalue weighted by Gasteiger charge is -2.33. The molecule has 1 aliphatic rings. The number of benzene rings is 1. The molecule has 1 atom stereocenters. The third-order valence-corrected chi connectivity index (χ3v) is 5.39. The molecule has 3 aromatic heterocycles. The van der Waals surface area contributed by atoms with Gasteiger partial charge in [0, 0.05) is 29.6 Å². The molecule has 0 amide bonds. The van der Waals surface area contributed by atoms with E-state index in [-0.39, 0.29) is 12.6 Å². The molecule has 27 heavy (non-hydrogen) atoms. The number of nitrogens with zero attached hydrogens (tertiary/aromatic N) is 2. The molecule has 0 radical (unpaired) electrons. The van der Waals surface area contributed by atoms with Gasteiger partial charge in [0.1, 0.15) is 35.5 Å². The van der Waals surface area contributed by atoms with E-state index in [1.165, 1.54) is 0 Å². The maximum Gasteiger partial charge on any atom is 0.134 e. The average Bonchev–Trinajstić information content (AvgIpc) is 3.41. The molecule has 0 saturated carbocycles. The van der Waals surface area contributed by atoms with Crippen molar-refractivity contribution in [2.75, 3.05) is 6.54 Å². The maximum absolute atomic E-state index is 9.27. The Bertz CT molecular complexity index is 1090. The lowest BCUT2D eigenvalue weighted by atomic mass is 9.97. The van der Waals surface area contributed by atoms with Crippen molar-refractivity contribution in [3.05, 3.63) is 77.0 Å². The Kier molecular flexibility index (Phi) is 3.88. The number of aromatic amines is 1. The number of H-pyrrole nitrogens is 1. The Hall–Kier alpha value is -2.83. The summed E-state index contributed by atoms with van der Waals surface area (Å²) < 4.78 is 12.0. The number of hydrogen-bond donors (Lipinski definition) is 2. The summed E-state index contributed by atoms with van der Waals surface area (Å²) in [4.78, 5) is 10.2. The number of fused-ring (bicyclic) bond motifs is 2. The van der Waals surface area contributed by atoms with E-state index >= 15 is 0 Å². The first-order valence-electron chi connectivity index (χ1n) is 9.17. The number of aryl methyl sites for hydroxylation is 1. The van der Waals surface area contributed by atoms with E-state index in [0.29, 0.717) is 12.3 Å². The number of imidazole rings is 1. The van der Waals surface area contributed by atoms with Crippen LogP contribution in [0.3, 0.4) is 0 Å². The van der Waals surface area contributed by atoms with Crippen LogP contribution in [0.15, 0.2) is 51.6 Å². The van der Waals surface area contributed by atoms with Crippen molar-refractivity contribution in [2.45, 2.75) is 32.5 Å². The minimum atomic E-state index is -0.0877. The van der Waals surface area contributed by atoms with Crippen LogP contribution in [-0.2, 0) is 19.6 Å². The van der Waals surface area contributed by atoms with Crippen LogP contribution in [0, 0.1) is 6.92 Å². The van der Waals surface area contributed by atoms with E-state index in [1.54, 1.807) is 6.33 Å². The monoisotopic (exact) mass is 363 g/mol. The summed E-state index contributed by atoms with van der Waals surface area (Å²) in [5, 5.41) is 10.4. The molecule has 1 aromatic carbocycles. The van der Waals surface area contributed by atoms with Crippen LogP contribution in [0.25, 0.3) is 11.0 Å². The van der Waals surface area contributed by atoms with E-state index in [4.69, 9.17) is 8.83 Å². The lowest BCUT2D eigenvalue weighted by molar-refractivity contribution is 0.163. The summed E-state index contributed by atoms with van der Waals surface area (Å²) >= 11 is 0. The Morgan fingerprint density at radius 1 is 1.19 bits per heavy atom. The highest BCUT2D eigenvalue weighted by Crippen LogP contribution is 2.39. The molecule has 0 saturated heterocycles. The van der Waals surface area contributed by atoms with Crippen molar-refractivity contribution < 1.29 is 13.9 Å². The predicted octanol–water partition coefficient (Wildman–Crippen LogP) is 3.70. The fourth-order valence-electron chi connectivity index (χ4n) is 4.03. The zero-order chi connectivity index (χ0) is 18.4. The van der Waals surface area contributed by atoms with Crippen molar-refractivity contribution in [3.8, 4) is 0 Å². The van der Waals surface area contributed by atoms with Crippen molar-refractivity contribution in [1.29, 1.82) is 0 Å². The summed E-state index contributed by atoms with van der Waals surface area (Å²) in [5.41, 5.74) is 4.21. The van der Waals surface area contributed by atoms with E-state index < -0.39 is 0 Å². The molecule has 0 unspecified atom stereocenters. The number of hydrogen-bond acceptors (Lipinski definition) is 5. The van der Waals surface area contributed by atoms with Crippen LogP contribution in [0.4, 0.5) is 0 Å². The summed E-state index contributed by atoms with van der Waals surface area (Å²) in [6, 6.07) is 11.8. The Balaban J connectivity index is 1.59. The lowest BCUT2D eigenvalue weighted by Crippen LogP contribution is -2.35. The van der Waals surface area contributed by atoms with Crippen LogP contribution >= 0.6 is 0 Å². The van der Waals surface area contributed by atoms with Crippen LogP contribution in [-0.4, -0.2) is 26.5 Å². The van der Waals surface area contributed by atoms with Crippen molar-refractivity contribution in [2.24, 2.45) is 0 Å². The maximum atomic E-state index is 9.27. The summed E-state index contributed by atoms with van der Waals surface area (Å²) in [6.45, 7) is 3.52. The van der Waals surface area contributed by atoms with Gasteiger partial charge >= 0.3 is 0 Å². The Morgan fingerprint density at radius 2 is 2.04 bits per heavy atom. The molecule has 0 spiro atoms. The van der Waals surface area contributed by atoms with Gasteiger partial charge in [-0.15, -0.1) is 0 Å². The van der Waals surface area contributed by atoms with Crippen LogP contribution in [0.5, 0.6) is 0 Å². The van der Waals surface area contributed by atoms with Crippen molar-refractivity contribution in [3.63, 3.8) is 0 Å². The second-order valence-corrected chi connectivity index (χ2v) is 7.00. The number of para-hydroxylation sites is 1. The Morgan fingerprint density at radius 3 is 2.85 bits per heavy atom. The van der Waals surface area contributed by atoms with Crippen LogP contribution in [0.1, 0.15) is 40.3 Å². The molecule has 0 aliphatic carbocycles. The van der Waals surface area contributed by atoms with Crippen molar-refractivity contribution in [1.82, 2.24) is 14.9 Å². The van der Waals surface area contributed by atoms with Gasteiger partial charge in [0.15, 0.2) is 0 Å². The SMILES string of the molecule is Cc1c([C@@H]2c3nc[nH]c3CCN2Cc2ccc(CO)o2)oc2ccccc12. The Labute approximate surface area is 156 Å². The van der Waals surface area contributed by atoms with Gasteiger partial charge in [-0.05, 0) is 25.1 Å². The molecule has 4 heterocycles. The zero-order valence-electron chi connectivity index (χ0n) is 15.1. The summed E-state index contributed by atoms with van der Waals surface area (Å²) in [5.74, 6) is 2.34. The summed E-state index contributed by atoms with van der Waals surface area (Å²) in [6.07, 6.45) is 2.66. The highest BCUT2D eigenvalue weighted by molar-refractivity contribution is 5.82. The average molecular weight is 363 g/mol. The van der Waals surface area contributed by atoms with Crippen LogP contribution in [0.2, 0.25) is 0 Å². The number of nitrogens with one attached hydrogen (secondary N) is 1. The molecule has 4 aromatic rings. The first kappa shape index (κ1) is 16.4. The minimum Gasteiger partial charge on any atom is -0.462 e. The van der Waals surface area contributed by atoms with Gasteiger partial charge in [-0.3, -0.25) is 4.90 Å². The van der Waals surface area contributed by atoms with E-state index in [0.717, 1.165) is 52.4 Å². The van der Waals surface area contributed by atoms with Gasteiger partial charge in [0.2, 0.25) is 0 Å². The predicted molar refractivity (Wildman–Crippen MR) is 100 cm³/mol. The van der Waals surface area contributed by atoms with Crippen LogP contribution < -0.4 is 0 Å². The van der Waals surface area contributed by atoms with Crippen molar-refractivity contribution >= 4 is 11.0 Å². The van der Waals surface area contributed by atoms with E-state index in [1.807, 2.05) is 30.3 Å². The van der Waals surface area contributed by atoms with E-state index in [2.05, 4.69) is 27.9 Å². The number of aliphatic hydroxyl groups excluding tert-OH is 1. The second-order valence-electron chi connectivity index (χ2n) is 7.00. The number of aromatic nitrogens is 2. The third-order valence-electron chi connectivity index (χ3n) is 5.39. The molecule has 138 valence electrons. The molecule has 2 N–H and O–H groups in total. The molecular formula is C21H21N3O3. The number of furan rings is 2. The normalized spacial score (nSPS) is 17.5. The highest BCUT2D eigenvalue weighted by Gasteiger charge is 2.35. The zero-order valence-corrected chi connectivity index (χ0v) is 15.1. The fraction of sp³-hybridized carbons (Fsp3) is 0.286. The second kappa shape index (κ2) is 6.40. The topological polar surface area (TPSA) is 78.4 Å². The van der Waals surface area contributed by atoms with Gasteiger partial charge in [0.05, 0.1) is 18.6 Å². The third kappa shape index (κ3) is 2.69. The standard InChI is InChI=1S/C21H21N3O3/c1-13-16-4-2-3-5-18(16)27-21(13)20-19-17(22-12-23-19)8-9-24(20)10-14-6-7-15(11-25)26-14/h2-7,12,20,25H,8-11H2,1H3,(H,22,23)/t20-/m0/s1. The van der Waals surface area contributed by atoms with Gasteiger partial charge in [-0.2, -0.15) is 0 Å². The largest absolute Gasteiger partial charge is 0.462 e. The first-order valence-corrected chi connectivity index (χ1v) is 9.17. The summed E-state index contributed by atoms with van der Waals surface area (Å²) in [7, 11) is 0. The van der Waals surface area contributed by atoms with Gasteiger partial charge in [-0.25, -0.2) is 4.98 Å². The molecule has 6 heteroatoms. The molecule has 0 bridgehead atoms. The van der Waals surface area contributed by atoms with Gasteiger partial charge in [0.25, 0.3) is 0 Å². The molecule has 0 fully saturated rings. The molecule has 5 rings (SSSR count). The number of aliphatic hydroxyl groups is 1. The fourth-order valence-corrected chi connectivity index (χ4v) is 4.03. The number of rotatable bonds is 4. The highest BCUT2D eigenvalue weighted by atomic mass is 16.4. The van der Waals surface area contributed by atoms with Gasteiger partial charge in [-0.1, -0.05) is 18.2 Å².